The van der Waals surface area contributed by atoms with Crippen molar-refractivity contribution < 1.29 is 23.7 Å². The molecule has 216 valence electrons. The lowest BCUT2D eigenvalue weighted by Gasteiger charge is -2.26. The van der Waals surface area contributed by atoms with Gasteiger partial charge in [0.1, 0.15) is 17.5 Å². The Morgan fingerprint density at radius 3 is 2.38 bits per heavy atom. The molecule has 1 amide bonds. The van der Waals surface area contributed by atoms with E-state index in [1.165, 1.54) is 11.3 Å². The molecule has 1 aliphatic heterocycles. The average molecular weight is 698 g/mol. The van der Waals surface area contributed by atoms with E-state index in [0.717, 1.165) is 9.13 Å². The molecule has 0 aliphatic carbocycles. The topological polar surface area (TPSA) is 100 Å². The highest BCUT2D eigenvalue weighted by molar-refractivity contribution is 14.1. The molecule has 2 heterocycles. The molecule has 0 radical (unpaired) electrons. The molecule has 5 rings (SSSR count). The number of benzene rings is 3. The number of nitrogens with one attached hydrogen (secondary N) is 1. The van der Waals surface area contributed by atoms with Crippen molar-refractivity contribution in [1.82, 2.24) is 4.57 Å². The molecule has 0 bridgehead atoms. The van der Waals surface area contributed by atoms with Gasteiger partial charge in [-0.15, -0.1) is 0 Å². The number of hydrogen-bond donors (Lipinski definition) is 1. The van der Waals surface area contributed by atoms with Crippen LogP contribution in [-0.2, 0) is 4.79 Å². The summed E-state index contributed by atoms with van der Waals surface area (Å²) in [5.74, 6) is 1.87. The number of ether oxygens (including phenoxy) is 4. The van der Waals surface area contributed by atoms with Crippen molar-refractivity contribution in [1.29, 1.82) is 0 Å². The summed E-state index contributed by atoms with van der Waals surface area (Å²) in [5, 5.41) is 2.96. The van der Waals surface area contributed by atoms with Crippen molar-refractivity contribution in [2.24, 2.45) is 4.99 Å². The molecular formula is C31H28IN3O6S. The number of hydrogen-bond acceptors (Lipinski definition) is 8. The Morgan fingerprint density at radius 2 is 1.71 bits per heavy atom. The Hall–Kier alpha value is -4.10. The molecule has 1 aliphatic rings. The van der Waals surface area contributed by atoms with Crippen molar-refractivity contribution in [3.8, 4) is 23.0 Å². The van der Waals surface area contributed by atoms with E-state index in [9.17, 15) is 9.59 Å². The van der Waals surface area contributed by atoms with Crippen molar-refractivity contribution >= 4 is 51.6 Å². The van der Waals surface area contributed by atoms with Crippen LogP contribution in [0.25, 0.3) is 6.08 Å². The SMILES string of the molecule is COc1ccc([C@@H]2C(C(=O)Nc3ccccc3)=C(C)N=c3s/c(=C\c4cc(I)c(OC)c(OC)c4)c(=O)n32)c(OC)c1. The number of nitrogens with zero attached hydrogens (tertiary/aromatic N) is 2. The lowest BCUT2D eigenvalue weighted by Crippen LogP contribution is -2.40. The van der Waals surface area contributed by atoms with Gasteiger partial charge in [0.2, 0.25) is 0 Å². The minimum Gasteiger partial charge on any atom is -0.497 e. The molecule has 1 aromatic heterocycles. The molecule has 1 atom stereocenters. The molecule has 3 aromatic carbocycles. The number of methoxy groups -OCH3 is 4. The maximum atomic E-state index is 14.1. The highest BCUT2D eigenvalue weighted by Crippen LogP contribution is 2.38. The van der Waals surface area contributed by atoms with Gasteiger partial charge in [-0.05, 0) is 77.6 Å². The number of rotatable bonds is 8. The lowest BCUT2D eigenvalue weighted by atomic mass is 9.94. The number of fused-ring (bicyclic) bond motifs is 1. The molecule has 11 heteroatoms. The molecule has 0 saturated carbocycles. The smallest absolute Gasteiger partial charge is 0.271 e. The van der Waals surface area contributed by atoms with Crippen molar-refractivity contribution in [3.05, 3.63) is 106 Å². The van der Waals surface area contributed by atoms with Crippen LogP contribution in [0.2, 0.25) is 0 Å². The van der Waals surface area contributed by atoms with Crippen LogP contribution in [0.3, 0.4) is 0 Å². The normalized spacial score (nSPS) is 14.6. The molecular weight excluding hydrogens is 669 g/mol. The highest BCUT2D eigenvalue weighted by Gasteiger charge is 2.34. The van der Waals surface area contributed by atoms with Gasteiger partial charge < -0.3 is 24.3 Å². The maximum absolute atomic E-state index is 14.1. The van der Waals surface area contributed by atoms with Crippen LogP contribution in [0.4, 0.5) is 5.69 Å². The molecule has 9 nitrogen and oxygen atoms in total. The van der Waals surface area contributed by atoms with Crippen LogP contribution < -0.4 is 39.2 Å². The molecule has 42 heavy (non-hydrogen) atoms. The number of carbonyl (C=O) groups excluding carboxylic acids is 1. The summed E-state index contributed by atoms with van der Waals surface area (Å²) in [5.41, 5.74) is 2.56. The summed E-state index contributed by atoms with van der Waals surface area (Å²) in [4.78, 5) is 33.2. The zero-order valence-corrected chi connectivity index (χ0v) is 26.5. The summed E-state index contributed by atoms with van der Waals surface area (Å²) < 4.78 is 24.9. The van der Waals surface area contributed by atoms with Gasteiger partial charge in [-0.2, -0.15) is 0 Å². The van der Waals surface area contributed by atoms with Gasteiger partial charge in [0, 0.05) is 17.3 Å². The number of halogens is 1. The summed E-state index contributed by atoms with van der Waals surface area (Å²) in [6.07, 6.45) is 1.79. The molecule has 0 fully saturated rings. The first-order valence-corrected chi connectivity index (χ1v) is 14.7. The second kappa shape index (κ2) is 12.4. The number of para-hydroxylation sites is 1. The van der Waals surface area contributed by atoms with Crippen LogP contribution in [0.15, 0.2) is 81.7 Å². The zero-order chi connectivity index (χ0) is 30.0. The van der Waals surface area contributed by atoms with Crippen LogP contribution in [0.5, 0.6) is 23.0 Å². The van der Waals surface area contributed by atoms with E-state index < -0.39 is 6.04 Å². The van der Waals surface area contributed by atoms with E-state index in [2.05, 4.69) is 27.9 Å². The Morgan fingerprint density at radius 1 is 0.976 bits per heavy atom. The number of allylic oxidation sites excluding steroid dienone is 1. The van der Waals surface area contributed by atoms with Gasteiger partial charge in [-0.3, -0.25) is 14.2 Å². The first kappa shape index (κ1) is 29.4. The van der Waals surface area contributed by atoms with E-state index in [4.69, 9.17) is 23.9 Å². The van der Waals surface area contributed by atoms with Crippen molar-refractivity contribution in [2.75, 3.05) is 33.8 Å². The fourth-order valence-electron chi connectivity index (χ4n) is 4.84. The monoisotopic (exact) mass is 697 g/mol. The second-order valence-corrected chi connectivity index (χ2v) is 11.4. The van der Waals surface area contributed by atoms with Crippen molar-refractivity contribution in [3.63, 3.8) is 0 Å². The third kappa shape index (κ3) is 5.53. The standard InChI is InChI=1S/C31H28IN3O6S/c1-17-26(29(36)34-19-9-7-6-8-10-19)27(21-12-11-20(38-2)16-23(21)39-3)35-30(37)25(42-31(35)33-17)15-18-13-22(32)28(41-5)24(14-18)40-4/h6-16,27H,1-5H3,(H,34,36)/b25-15-/t27-/m1/s1. The van der Waals surface area contributed by atoms with Crippen LogP contribution in [-0.4, -0.2) is 38.9 Å². The summed E-state index contributed by atoms with van der Waals surface area (Å²) in [7, 11) is 6.26. The Kier molecular flexibility index (Phi) is 8.69. The Labute approximate surface area is 259 Å². The van der Waals surface area contributed by atoms with Gasteiger partial charge in [-0.1, -0.05) is 29.5 Å². The maximum Gasteiger partial charge on any atom is 0.271 e. The fourth-order valence-corrected chi connectivity index (χ4v) is 6.74. The average Bonchev–Trinajstić information content (AvgIpc) is 3.29. The van der Waals surface area contributed by atoms with Crippen LogP contribution in [0, 0.1) is 3.57 Å². The minimum atomic E-state index is -0.807. The van der Waals surface area contributed by atoms with E-state index in [1.54, 1.807) is 70.3 Å². The first-order valence-electron chi connectivity index (χ1n) is 12.8. The Balaban J connectivity index is 1.72. The van der Waals surface area contributed by atoms with E-state index in [0.29, 0.717) is 54.9 Å². The largest absolute Gasteiger partial charge is 0.497 e. The predicted octanol–water partition coefficient (Wildman–Crippen LogP) is 4.51. The molecule has 0 unspecified atom stereocenters. The third-order valence-electron chi connectivity index (χ3n) is 6.79. The fraction of sp³-hybridized carbons (Fsp3) is 0.194. The number of amides is 1. The van der Waals surface area contributed by atoms with Gasteiger partial charge in [0.05, 0.1) is 47.8 Å². The molecule has 1 N–H and O–H groups in total. The number of carbonyl (C=O) groups is 1. The van der Waals surface area contributed by atoms with Gasteiger partial charge in [-0.25, -0.2) is 4.99 Å². The summed E-state index contributed by atoms with van der Waals surface area (Å²) in [6, 6.07) is 17.4. The molecule has 4 aromatic rings. The predicted molar refractivity (Wildman–Crippen MR) is 171 cm³/mol. The number of thiazole rings is 1. The molecule has 0 spiro atoms. The second-order valence-electron chi connectivity index (χ2n) is 9.25. The minimum absolute atomic E-state index is 0.288. The summed E-state index contributed by atoms with van der Waals surface area (Å²) >= 11 is 3.42. The lowest BCUT2D eigenvalue weighted by molar-refractivity contribution is -0.113. The van der Waals surface area contributed by atoms with Crippen molar-refractivity contribution in [2.45, 2.75) is 13.0 Å². The Bertz CT molecular complexity index is 1880. The zero-order valence-electron chi connectivity index (χ0n) is 23.6. The highest BCUT2D eigenvalue weighted by atomic mass is 127. The first-order chi connectivity index (χ1) is 20.3. The van der Waals surface area contributed by atoms with Crippen LogP contribution >= 0.6 is 33.9 Å². The quantitative estimate of drug-likeness (QED) is 0.272. The van der Waals surface area contributed by atoms with Gasteiger partial charge in [0.25, 0.3) is 11.5 Å². The van der Waals surface area contributed by atoms with E-state index >= 15 is 0 Å². The van der Waals surface area contributed by atoms with Gasteiger partial charge in [0.15, 0.2) is 16.3 Å². The van der Waals surface area contributed by atoms with E-state index in [-0.39, 0.29) is 11.5 Å². The molecule has 0 saturated heterocycles. The summed E-state index contributed by atoms with van der Waals surface area (Å²) in [6.45, 7) is 1.77. The van der Waals surface area contributed by atoms with Gasteiger partial charge >= 0.3 is 0 Å². The number of anilines is 1. The van der Waals surface area contributed by atoms with E-state index in [1.807, 2.05) is 36.4 Å². The number of aromatic nitrogens is 1. The third-order valence-corrected chi connectivity index (χ3v) is 8.57. The van der Waals surface area contributed by atoms with Crippen LogP contribution in [0.1, 0.15) is 24.1 Å².